The van der Waals surface area contributed by atoms with E-state index in [0.717, 1.165) is 13.2 Å². The van der Waals surface area contributed by atoms with Crippen molar-refractivity contribution in [2.75, 3.05) is 7.11 Å². The zero-order valence-electron chi connectivity index (χ0n) is 8.41. The summed E-state index contributed by atoms with van der Waals surface area (Å²) in [5, 5.41) is 10.7. The molecule has 7 heteroatoms. The number of methoxy groups -OCH3 is 1. The van der Waals surface area contributed by atoms with Gasteiger partial charge < -0.3 is 4.74 Å². The Labute approximate surface area is 98.5 Å². The number of esters is 1. The Balaban J connectivity index is 3.60. The van der Waals surface area contributed by atoms with E-state index in [1.165, 1.54) is 6.92 Å². The van der Waals surface area contributed by atoms with Crippen LogP contribution in [0, 0.1) is 22.9 Å². The number of halogens is 2. The van der Waals surface area contributed by atoms with Crippen LogP contribution in [0.5, 0.6) is 0 Å². The van der Waals surface area contributed by atoms with Crippen molar-refractivity contribution in [1.82, 2.24) is 0 Å². The summed E-state index contributed by atoms with van der Waals surface area (Å²) < 4.78 is 18.2. The van der Waals surface area contributed by atoms with Gasteiger partial charge in [0.15, 0.2) is 5.56 Å². The number of carbonyl (C=O) groups is 1. The van der Waals surface area contributed by atoms with Crippen LogP contribution in [0.2, 0.25) is 0 Å². The molecule has 5 nitrogen and oxygen atoms in total. The fourth-order valence-corrected chi connectivity index (χ4v) is 1.54. The van der Waals surface area contributed by atoms with Crippen molar-refractivity contribution in [3.63, 3.8) is 0 Å². The van der Waals surface area contributed by atoms with Crippen LogP contribution in [-0.2, 0) is 4.74 Å². The van der Waals surface area contributed by atoms with Crippen LogP contribution in [0.4, 0.5) is 10.1 Å². The minimum atomic E-state index is -1.07. The zero-order chi connectivity index (χ0) is 12.5. The molecule has 0 bridgehead atoms. The first-order valence-corrected chi connectivity index (χ1v) is 4.90. The lowest BCUT2D eigenvalue weighted by Crippen LogP contribution is -2.10. The highest BCUT2D eigenvalue weighted by atomic mass is 79.9. The molecule has 0 atom stereocenters. The predicted molar refractivity (Wildman–Crippen MR) is 56.8 cm³/mol. The Kier molecular flexibility index (Phi) is 3.58. The lowest BCUT2D eigenvalue weighted by atomic mass is 10.1. The van der Waals surface area contributed by atoms with E-state index in [9.17, 15) is 19.3 Å². The van der Waals surface area contributed by atoms with E-state index in [0.29, 0.717) is 0 Å². The normalized spacial score (nSPS) is 10.0. The van der Waals surface area contributed by atoms with Gasteiger partial charge in [-0.15, -0.1) is 0 Å². The van der Waals surface area contributed by atoms with Crippen LogP contribution in [0.3, 0.4) is 0 Å². The average Bonchev–Trinajstić information content (AvgIpc) is 2.24. The largest absolute Gasteiger partial charge is 0.465 e. The van der Waals surface area contributed by atoms with E-state index >= 15 is 0 Å². The molecular weight excluding hydrogens is 285 g/mol. The van der Waals surface area contributed by atoms with Crippen LogP contribution in [0.1, 0.15) is 15.9 Å². The molecule has 0 fully saturated rings. The molecule has 0 saturated carbocycles. The highest BCUT2D eigenvalue weighted by Gasteiger charge is 2.28. The number of benzene rings is 1. The Bertz CT molecular complexity index is 475. The quantitative estimate of drug-likeness (QED) is 0.477. The summed E-state index contributed by atoms with van der Waals surface area (Å²) >= 11 is 2.97. The molecule has 0 heterocycles. The van der Waals surface area contributed by atoms with Gasteiger partial charge in [-0.2, -0.15) is 0 Å². The van der Waals surface area contributed by atoms with Gasteiger partial charge in [-0.3, -0.25) is 10.1 Å². The van der Waals surface area contributed by atoms with E-state index in [-0.39, 0.29) is 10.0 Å². The van der Waals surface area contributed by atoms with Crippen molar-refractivity contribution >= 4 is 27.6 Å². The van der Waals surface area contributed by atoms with Crippen molar-refractivity contribution in [3.8, 4) is 0 Å². The number of nitrogens with zero attached hydrogens (tertiary/aromatic N) is 1. The van der Waals surface area contributed by atoms with Gasteiger partial charge in [0.1, 0.15) is 5.82 Å². The van der Waals surface area contributed by atoms with E-state index < -0.39 is 28.0 Å². The number of hydrogen-bond acceptors (Lipinski definition) is 4. The van der Waals surface area contributed by atoms with Crippen LogP contribution in [-0.4, -0.2) is 18.0 Å². The number of rotatable bonds is 2. The second-order valence-corrected chi connectivity index (χ2v) is 3.79. The maximum absolute atomic E-state index is 13.7. The number of nitro benzene ring substituents is 1. The molecule has 0 unspecified atom stereocenters. The standard InChI is InChI=1S/C9H7BrFNO4/c1-4-5(10)3-6(12(14)15)7(8(4)11)9(13)16-2/h3H,1-2H3. The van der Waals surface area contributed by atoms with E-state index in [2.05, 4.69) is 20.7 Å². The van der Waals surface area contributed by atoms with Crippen molar-refractivity contribution in [3.05, 3.63) is 37.6 Å². The summed E-state index contributed by atoms with van der Waals surface area (Å²) in [6.07, 6.45) is 0. The third-order valence-electron chi connectivity index (χ3n) is 2.01. The van der Waals surface area contributed by atoms with Crippen molar-refractivity contribution in [2.45, 2.75) is 6.92 Å². The smallest absolute Gasteiger partial charge is 0.347 e. The van der Waals surface area contributed by atoms with Gasteiger partial charge in [-0.25, -0.2) is 9.18 Å². The van der Waals surface area contributed by atoms with Crippen LogP contribution in [0.25, 0.3) is 0 Å². The first-order chi connectivity index (χ1) is 7.40. The van der Waals surface area contributed by atoms with Gasteiger partial charge in [-0.1, -0.05) is 15.9 Å². The fourth-order valence-electron chi connectivity index (χ4n) is 1.15. The second kappa shape index (κ2) is 4.56. The van der Waals surface area contributed by atoms with Gasteiger partial charge in [-0.05, 0) is 6.92 Å². The minimum absolute atomic E-state index is 0.117. The second-order valence-electron chi connectivity index (χ2n) is 2.94. The van der Waals surface area contributed by atoms with Gasteiger partial charge in [0.25, 0.3) is 5.69 Å². The summed E-state index contributed by atoms with van der Waals surface area (Å²) in [4.78, 5) is 21.1. The molecule has 0 amide bonds. The highest BCUT2D eigenvalue weighted by molar-refractivity contribution is 9.10. The Morgan fingerprint density at radius 1 is 1.62 bits per heavy atom. The van der Waals surface area contributed by atoms with Gasteiger partial charge >= 0.3 is 5.97 Å². The van der Waals surface area contributed by atoms with Crippen molar-refractivity contribution in [2.24, 2.45) is 0 Å². The van der Waals surface area contributed by atoms with Crippen LogP contribution < -0.4 is 0 Å². The van der Waals surface area contributed by atoms with Crippen LogP contribution >= 0.6 is 15.9 Å². The number of nitro groups is 1. The Hall–Kier alpha value is -1.50. The van der Waals surface area contributed by atoms with Gasteiger partial charge in [0, 0.05) is 16.1 Å². The predicted octanol–water partition coefficient (Wildman–Crippen LogP) is 2.59. The molecule has 0 aliphatic rings. The van der Waals surface area contributed by atoms with Crippen molar-refractivity contribution in [1.29, 1.82) is 0 Å². The minimum Gasteiger partial charge on any atom is -0.465 e. The van der Waals surface area contributed by atoms with Gasteiger partial charge in [0.2, 0.25) is 0 Å². The van der Waals surface area contributed by atoms with Crippen molar-refractivity contribution < 1.29 is 18.8 Å². The molecule has 0 aromatic heterocycles. The lowest BCUT2D eigenvalue weighted by Gasteiger charge is -2.06. The first kappa shape index (κ1) is 12.6. The molecule has 0 radical (unpaired) electrons. The third kappa shape index (κ3) is 2.04. The molecule has 16 heavy (non-hydrogen) atoms. The summed E-state index contributed by atoms with van der Waals surface area (Å²) in [5.74, 6) is -2.02. The molecule has 86 valence electrons. The first-order valence-electron chi connectivity index (χ1n) is 4.11. The molecular formula is C9H7BrFNO4. The third-order valence-corrected chi connectivity index (χ3v) is 2.84. The van der Waals surface area contributed by atoms with Gasteiger partial charge in [0.05, 0.1) is 12.0 Å². The molecule has 1 aromatic carbocycles. The maximum atomic E-state index is 13.7. The van der Waals surface area contributed by atoms with Crippen LogP contribution in [0.15, 0.2) is 10.5 Å². The van der Waals surface area contributed by atoms with E-state index in [1.54, 1.807) is 0 Å². The molecule has 0 aliphatic heterocycles. The number of ether oxygens (including phenoxy) is 1. The molecule has 0 spiro atoms. The summed E-state index contributed by atoms with van der Waals surface area (Å²) in [6, 6.07) is 1.07. The number of hydrogen-bond donors (Lipinski definition) is 0. The zero-order valence-corrected chi connectivity index (χ0v) is 10.00. The number of carbonyl (C=O) groups excluding carboxylic acids is 1. The lowest BCUT2D eigenvalue weighted by molar-refractivity contribution is -0.385. The summed E-state index contributed by atoms with van der Waals surface area (Å²) in [7, 11) is 1.03. The van der Waals surface area contributed by atoms with E-state index in [4.69, 9.17) is 0 Å². The SMILES string of the molecule is COC(=O)c1c([N+](=O)[O-])cc(Br)c(C)c1F. The fraction of sp³-hybridized carbons (Fsp3) is 0.222. The van der Waals surface area contributed by atoms with E-state index in [1.807, 2.05) is 0 Å². The maximum Gasteiger partial charge on any atom is 0.347 e. The monoisotopic (exact) mass is 291 g/mol. The summed E-state index contributed by atoms with van der Waals surface area (Å²) in [5.41, 5.74) is -1.17. The molecule has 0 N–H and O–H groups in total. The Morgan fingerprint density at radius 2 is 2.19 bits per heavy atom. The Morgan fingerprint density at radius 3 is 2.62 bits per heavy atom. The molecule has 1 rings (SSSR count). The molecule has 1 aromatic rings. The molecule has 0 aliphatic carbocycles. The average molecular weight is 292 g/mol. The highest BCUT2D eigenvalue weighted by Crippen LogP contribution is 2.30. The topological polar surface area (TPSA) is 69.4 Å². The molecule has 0 saturated heterocycles. The summed E-state index contributed by atoms with van der Waals surface area (Å²) in [6.45, 7) is 1.40.